The van der Waals surface area contributed by atoms with Gasteiger partial charge in [-0.25, -0.2) is 22.0 Å². The van der Waals surface area contributed by atoms with Gasteiger partial charge in [-0.1, -0.05) is 29.8 Å². The van der Waals surface area contributed by atoms with E-state index in [1.54, 1.807) is 26.0 Å². The lowest BCUT2D eigenvalue weighted by Crippen LogP contribution is -2.45. The van der Waals surface area contributed by atoms with Crippen molar-refractivity contribution in [3.8, 4) is 0 Å². The van der Waals surface area contributed by atoms with Crippen LogP contribution in [0.2, 0.25) is 0 Å². The molecule has 1 fully saturated rings. The molecular weight excluding hydrogens is 450 g/mol. The Balaban J connectivity index is 1.68. The van der Waals surface area contributed by atoms with E-state index in [0.717, 1.165) is 11.1 Å². The van der Waals surface area contributed by atoms with Crippen molar-refractivity contribution in [2.75, 3.05) is 13.1 Å². The summed E-state index contributed by atoms with van der Waals surface area (Å²) in [6.07, 6.45) is 1.21. The summed E-state index contributed by atoms with van der Waals surface area (Å²) in [5, 5.41) is 7.92. The van der Waals surface area contributed by atoms with Gasteiger partial charge in [0.15, 0.2) is 0 Å². The zero-order chi connectivity index (χ0) is 23.7. The van der Waals surface area contributed by atoms with Crippen molar-refractivity contribution in [3.63, 3.8) is 0 Å². The average molecular weight is 480 g/mol. The van der Waals surface area contributed by atoms with Gasteiger partial charge in [-0.05, 0) is 62.4 Å². The smallest absolute Gasteiger partial charge is 0.243 e. The van der Waals surface area contributed by atoms with Crippen LogP contribution in [0.15, 0.2) is 46.2 Å². The molecule has 0 bridgehead atoms. The maximum Gasteiger partial charge on any atom is 0.243 e. The molecule has 2 aromatic carbocycles. The van der Waals surface area contributed by atoms with E-state index in [2.05, 4.69) is 5.32 Å². The summed E-state index contributed by atoms with van der Waals surface area (Å²) >= 11 is 0. The molecule has 0 aliphatic carbocycles. The van der Waals surface area contributed by atoms with Gasteiger partial charge >= 0.3 is 0 Å². The fourth-order valence-corrected chi connectivity index (χ4v) is 6.66. The van der Waals surface area contributed by atoms with E-state index in [0.29, 0.717) is 35.4 Å². The highest BCUT2D eigenvalue weighted by Gasteiger charge is 2.34. The van der Waals surface area contributed by atoms with Crippen molar-refractivity contribution < 1.29 is 21.6 Å². The van der Waals surface area contributed by atoms with Crippen LogP contribution < -0.4 is 10.5 Å². The Morgan fingerprint density at radius 2 is 1.66 bits per heavy atom. The molecule has 0 aromatic heterocycles. The Morgan fingerprint density at radius 1 is 1.06 bits per heavy atom. The molecule has 2 aromatic rings. The van der Waals surface area contributed by atoms with Crippen LogP contribution >= 0.6 is 0 Å². The van der Waals surface area contributed by atoms with Crippen molar-refractivity contribution >= 4 is 26.0 Å². The number of carbonyl (C=O) groups is 1. The molecule has 0 radical (unpaired) electrons. The predicted molar refractivity (Wildman–Crippen MR) is 122 cm³/mol. The molecule has 174 valence electrons. The number of nitrogens with zero attached hydrogens (tertiary/aromatic N) is 1. The summed E-state index contributed by atoms with van der Waals surface area (Å²) < 4.78 is 50.8. The number of amides is 1. The molecule has 1 heterocycles. The normalized spacial score (nSPS) is 17.8. The first-order valence-corrected chi connectivity index (χ1v) is 13.4. The van der Waals surface area contributed by atoms with Crippen molar-refractivity contribution in [1.29, 1.82) is 0 Å². The summed E-state index contributed by atoms with van der Waals surface area (Å²) in [4.78, 5) is 13.1. The number of hydrogen-bond donors (Lipinski definition) is 2. The number of piperidine rings is 1. The Hall–Kier alpha value is -2.27. The molecular formula is C22H29N3O5S2. The standard InChI is InChI=1S/C22H29N3O5S2/c1-15-11-16(2)21(17(3)12-15)32(29,30)25-10-4-5-19(14-25)22(26)24-13-18-6-8-20(9-7-18)31(23,27)28/h6-9,11-12,19H,4-5,10,13-14H2,1-3H3,(H,24,26)(H2,23,27,28)/t19-/m1/s1. The number of nitrogens with two attached hydrogens (primary N) is 1. The average Bonchev–Trinajstić information content (AvgIpc) is 2.70. The maximum atomic E-state index is 13.3. The van der Waals surface area contributed by atoms with Crippen LogP contribution in [0.5, 0.6) is 0 Å². The van der Waals surface area contributed by atoms with Crippen molar-refractivity contribution in [2.45, 2.75) is 49.9 Å². The highest BCUT2D eigenvalue weighted by Crippen LogP contribution is 2.29. The second-order valence-electron chi connectivity index (χ2n) is 8.34. The van der Waals surface area contributed by atoms with E-state index in [1.807, 2.05) is 19.1 Å². The first-order valence-electron chi connectivity index (χ1n) is 10.4. The van der Waals surface area contributed by atoms with Gasteiger partial charge in [0.1, 0.15) is 0 Å². The third-order valence-electron chi connectivity index (χ3n) is 5.68. The van der Waals surface area contributed by atoms with Gasteiger partial charge in [0.2, 0.25) is 26.0 Å². The van der Waals surface area contributed by atoms with Gasteiger partial charge in [-0.3, -0.25) is 4.79 Å². The minimum absolute atomic E-state index is 0.00222. The van der Waals surface area contributed by atoms with E-state index in [9.17, 15) is 21.6 Å². The number of rotatable bonds is 6. The highest BCUT2D eigenvalue weighted by molar-refractivity contribution is 7.89. The zero-order valence-electron chi connectivity index (χ0n) is 18.5. The first-order chi connectivity index (χ1) is 14.9. The van der Waals surface area contributed by atoms with E-state index in [-0.39, 0.29) is 23.9 Å². The van der Waals surface area contributed by atoms with E-state index in [4.69, 9.17) is 5.14 Å². The molecule has 0 unspecified atom stereocenters. The number of benzene rings is 2. The zero-order valence-corrected chi connectivity index (χ0v) is 20.1. The summed E-state index contributed by atoms with van der Waals surface area (Å²) in [5.74, 6) is -0.675. The molecule has 3 N–H and O–H groups in total. The van der Waals surface area contributed by atoms with Gasteiger partial charge in [0, 0.05) is 19.6 Å². The molecule has 3 rings (SSSR count). The predicted octanol–water partition coefficient (Wildman–Crippen LogP) is 1.98. The summed E-state index contributed by atoms with van der Waals surface area (Å²) in [5.41, 5.74) is 3.14. The SMILES string of the molecule is Cc1cc(C)c(S(=O)(=O)N2CCC[C@@H](C(=O)NCc3ccc(S(N)(=O)=O)cc3)C2)c(C)c1. The Morgan fingerprint density at radius 3 is 2.22 bits per heavy atom. The van der Waals surface area contributed by atoms with E-state index < -0.39 is 26.0 Å². The minimum atomic E-state index is -3.77. The van der Waals surface area contributed by atoms with Gasteiger partial charge in [0.05, 0.1) is 15.7 Å². The van der Waals surface area contributed by atoms with Crippen molar-refractivity contribution in [1.82, 2.24) is 9.62 Å². The molecule has 10 heteroatoms. The lowest BCUT2D eigenvalue weighted by Gasteiger charge is -2.32. The lowest BCUT2D eigenvalue weighted by molar-refractivity contribution is -0.126. The molecule has 1 atom stereocenters. The van der Waals surface area contributed by atoms with Crippen molar-refractivity contribution in [2.24, 2.45) is 11.1 Å². The highest BCUT2D eigenvalue weighted by atomic mass is 32.2. The number of nitrogens with one attached hydrogen (secondary N) is 1. The second kappa shape index (κ2) is 9.30. The fourth-order valence-electron chi connectivity index (χ4n) is 4.21. The maximum absolute atomic E-state index is 13.3. The van der Waals surface area contributed by atoms with E-state index in [1.165, 1.54) is 16.4 Å². The molecule has 0 saturated carbocycles. The van der Waals surface area contributed by atoms with Gasteiger partial charge < -0.3 is 5.32 Å². The summed E-state index contributed by atoms with van der Waals surface area (Å²) in [6, 6.07) is 9.65. The van der Waals surface area contributed by atoms with Crippen LogP contribution in [-0.2, 0) is 31.4 Å². The number of hydrogen-bond acceptors (Lipinski definition) is 5. The van der Waals surface area contributed by atoms with Crippen LogP contribution in [0.25, 0.3) is 0 Å². The van der Waals surface area contributed by atoms with E-state index >= 15 is 0 Å². The molecule has 1 amide bonds. The summed E-state index contributed by atoms with van der Waals surface area (Å²) in [6.45, 7) is 6.24. The minimum Gasteiger partial charge on any atom is -0.352 e. The molecule has 1 aliphatic rings. The van der Waals surface area contributed by atoms with Crippen LogP contribution in [-0.4, -0.2) is 40.1 Å². The fraction of sp³-hybridized carbons (Fsp3) is 0.409. The summed E-state index contributed by atoms with van der Waals surface area (Å²) in [7, 11) is -7.48. The van der Waals surface area contributed by atoms with Crippen LogP contribution in [0, 0.1) is 26.7 Å². The largest absolute Gasteiger partial charge is 0.352 e. The Labute approximate surface area is 189 Å². The molecule has 0 spiro atoms. The van der Waals surface area contributed by atoms with Crippen LogP contribution in [0.4, 0.5) is 0 Å². The first kappa shape index (κ1) is 24.4. The molecule has 1 aliphatic heterocycles. The quantitative estimate of drug-likeness (QED) is 0.655. The molecule has 1 saturated heterocycles. The van der Waals surface area contributed by atoms with Gasteiger partial charge in [0.25, 0.3) is 0 Å². The topological polar surface area (TPSA) is 127 Å². The third-order valence-corrected chi connectivity index (χ3v) is 8.78. The monoisotopic (exact) mass is 479 g/mol. The number of carbonyl (C=O) groups excluding carboxylic acids is 1. The van der Waals surface area contributed by atoms with Crippen LogP contribution in [0.1, 0.15) is 35.1 Å². The third kappa shape index (κ3) is 5.37. The second-order valence-corrected chi connectivity index (χ2v) is 11.8. The number of aryl methyl sites for hydroxylation is 3. The molecule has 8 nitrogen and oxygen atoms in total. The number of primary sulfonamides is 1. The Bertz CT molecular complexity index is 1200. The number of sulfonamides is 2. The Kier molecular flexibility index (Phi) is 7.09. The lowest BCUT2D eigenvalue weighted by atomic mass is 9.99. The van der Waals surface area contributed by atoms with Gasteiger partial charge in [-0.15, -0.1) is 0 Å². The van der Waals surface area contributed by atoms with Crippen LogP contribution in [0.3, 0.4) is 0 Å². The van der Waals surface area contributed by atoms with Gasteiger partial charge in [-0.2, -0.15) is 4.31 Å². The van der Waals surface area contributed by atoms with Crippen molar-refractivity contribution in [3.05, 3.63) is 58.7 Å². The molecule has 32 heavy (non-hydrogen) atoms.